The number of ether oxygens (including phenoxy) is 2. The lowest BCUT2D eigenvalue weighted by Gasteiger charge is -2.07. The Morgan fingerprint density at radius 1 is 0.586 bits per heavy atom. The summed E-state index contributed by atoms with van der Waals surface area (Å²) in [5.41, 5.74) is 2.00. The van der Waals surface area contributed by atoms with Gasteiger partial charge in [0.2, 0.25) is 0 Å². The van der Waals surface area contributed by atoms with Crippen LogP contribution in [0.25, 0.3) is 10.8 Å². The van der Waals surface area contributed by atoms with Gasteiger partial charge in [-0.05, 0) is 72.1 Å². The summed E-state index contributed by atoms with van der Waals surface area (Å²) in [5.74, 6) is 8.35. The minimum Gasteiger partial charge on any atom is -0.494 e. The molecule has 29 heavy (non-hydrogen) atoms. The van der Waals surface area contributed by atoms with Crippen LogP contribution in [0.1, 0.15) is 57.1 Å². The number of rotatable bonds is 9. The number of hydrogen-bond donors (Lipinski definition) is 0. The van der Waals surface area contributed by atoms with Crippen LogP contribution in [0.4, 0.5) is 0 Å². The molecule has 0 radical (unpaired) electrons. The van der Waals surface area contributed by atoms with Gasteiger partial charge in [-0.25, -0.2) is 0 Å². The highest BCUT2D eigenvalue weighted by Gasteiger charge is 1.99. The third-order valence-corrected chi connectivity index (χ3v) is 4.80. The van der Waals surface area contributed by atoms with Crippen molar-refractivity contribution in [3.8, 4) is 23.3 Å². The van der Waals surface area contributed by atoms with E-state index in [-0.39, 0.29) is 0 Å². The highest BCUT2D eigenvalue weighted by atomic mass is 16.5. The molecular weight excluding hydrogens is 356 g/mol. The van der Waals surface area contributed by atoms with Crippen molar-refractivity contribution in [1.82, 2.24) is 0 Å². The Morgan fingerprint density at radius 3 is 1.97 bits per heavy atom. The first-order chi connectivity index (χ1) is 14.3. The number of unbranched alkanes of at least 4 members (excludes halogenated alkanes) is 3. The number of fused-ring (bicyclic) bond motifs is 1. The lowest BCUT2D eigenvalue weighted by atomic mass is 10.1. The average molecular weight is 387 g/mol. The highest BCUT2D eigenvalue weighted by molar-refractivity contribution is 5.85. The fourth-order valence-corrected chi connectivity index (χ4v) is 3.05. The molecule has 0 aliphatic carbocycles. The van der Waals surface area contributed by atoms with E-state index in [4.69, 9.17) is 9.47 Å². The van der Waals surface area contributed by atoms with Crippen LogP contribution in [0, 0.1) is 11.8 Å². The Kier molecular flexibility index (Phi) is 8.01. The molecule has 0 aliphatic rings. The second kappa shape index (κ2) is 11.2. The third-order valence-electron chi connectivity index (χ3n) is 4.80. The predicted molar refractivity (Wildman–Crippen MR) is 122 cm³/mol. The smallest absolute Gasteiger partial charge is 0.119 e. The van der Waals surface area contributed by atoms with Gasteiger partial charge >= 0.3 is 0 Å². The van der Waals surface area contributed by atoms with Gasteiger partial charge in [0.1, 0.15) is 11.5 Å². The predicted octanol–water partition coefficient (Wildman–Crippen LogP) is 6.99. The van der Waals surface area contributed by atoms with Crippen LogP contribution in [-0.2, 0) is 0 Å². The van der Waals surface area contributed by atoms with Gasteiger partial charge < -0.3 is 9.47 Å². The highest BCUT2D eigenvalue weighted by Crippen LogP contribution is 2.22. The van der Waals surface area contributed by atoms with Gasteiger partial charge in [-0.15, -0.1) is 0 Å². The van der Waals surface area contributed by atoms with Crippen LogP contribution in [0.15, 0.2) is 60.7 Å². The van der Waals surface area contributed by atoms with Crippen LogP contribution >= 0.6 is 0 Å². The van der Waals surface area contributed by atoms with E-state index < -0.39 is 0 Å². The van der Waals surface area contributed by atoms with E-state index in [0.29, 0.717) is 0 Å². The van der Waals surface area contributed by atoms with Gasteiger partial charge in [0.05, 0.1) is 13.2 Å². The molecule has 0 unspecified atom stereocenters. The van der Waals surface area contributed by atoms with Gasteiger partial charge in [-0.2, -0.15) is 0 Å². The maximum Gasteiger partial charge on any atom is 0.119 e. The Bertz CT molecular complexity index is 961. The molecule has 2 nitrogen and oxygen atoms in total. The topological polar surface area (TPSA) is 18.5 Å². The summed E-state index contributed by atoms with van der Waals surface area (Å²) < 4.78 is 11.6. The summed E-state index contributed by atoms with van der Waals surface area (Å²) in [7, 11) is 0. The fraction of sp³-hybridized carbons (Fsp3) is 0.333. The molecule has 3 aromatic rings. The van der Waals surface area contributed by atoms with Crippen molar-refractivity contribution in [2.24, 2.45) is 0 Å². The van der Waals surface area contributed by atoms with Gasteiger partial charge in [0.15, 0.2) is 0 Å². The molecule has 2 heteroatoms. The fourth-order valence-electron chi connectivity index (χ4n) is 3.05. The first kappa shape index (κ1) is 20.8. The molecule has 3 aromatic carbocycles. The Morgan fingerprint density at radius 2 is 1.17 bits per heavy atom. The molecule has 0 N–H and O–H groups in total. The summed E-state index contributed by atoms with van der Waals surface area (Å²) in [4.78, 5) is 0. The summed E-state index contributed by atoms with van der Waals surface area (Å²) in [6.45, 7) is 5.92. The van der Waals surface area contributed by atoms with E-state index in [1.54, 1.807) is 0 Å². The van der Waals surface area contributed by atoms with E-state index in [2.05, 4.69) is 56.0 Å². The minimum absolute atomic E-state index is 0.768. The van der Waals surface area contributed by atoms with E-state index in [1.807, 2.05) is 30.3 Å². The first-order valence-electron chi connectivity index (χ1n) is 10.7. The summed E-state index contributed by atoms with van der Waals surface area (Å²) >= 11 is 0. The van der Waals surface area contributed by atoms with Crippen molar-refractivity contribution in [3.05, 3.63) is 71.8 Å². The zero-order chi connectivity index (χ0) is 20.3. The normalized spacial score (nSPS) is 10.4. The lowest BCUT2D eigenvalue weighted by molar-refractivity contribution is 0.306. The largest absolute Gasteiger partial charge is 0.494 e. The standard InChI is InChI=1S/C27H30O2/c1-3-5-7-19-29-27-17-14-24-20-23(10-13-25(24)21-27)9-8-22-11-15-26(16-12-22)28-18-6-4-2/h10-17,20-21H,3-7,18-19H2,1-2H3. The SMILES string of the molecule is CCCCCOc1ccc2cc(C#Cc3ccc(OCCCC)cc3)ccc2c1. The summed E-state index contributed by atoms with van der Waals surface area (Å²) in [6.07, 6.45) is 5.75. The molecule has 0 bridgehead atoms. The first-order valence-corrected chi connectivity index (χ1v) is 10.7. The lowest BCUT2D eigenvalue weighted by Crippen LogP contribution is -1.96. The molecule has 3 rings (SSSR count). The maximum atomic E-state index is 5.85. The molecule has 0 saturated heterocycles. The zero-order valence-electron chi connectivity index (χ0n) is 17.5. The van der Waals surface area contributed by atoms with Crippen LogP contribution < -0.4 is 9.47 Å². The van der Waals surface area contributed by atoms with Crippen LogP contribution in [0.5, 0.6) is 11.5 Å². The van der Waals surface area contributed by atoms with Gasteiger partial charge in [-0.3, -0.25) is 0 Å². The zero-order valence-corrected chi connectivity index (χ0v) is 17.5. The van der Waals surface area contributed by atoms with Gasteiger partial charge in [-0.1, -0.05) is 57.1 Å². The van der Waals surface area contributed by atoms with E-state index in [1.165, 1.54) is 23.6 Å². The number of benzene rings is 3. The molecule has 0 spiro atoms. The van der Waals surface area contributed by atoms with Crippen molar-refractivity contribution < 1.29 is 9.47 Å². The Labute approximate surface area is 174 Å². The van der Waals surface area contributed by atoms with Crippen molar-refractivity contribution in [2.45, 2.75) is 46.0 Å². The molecular formula is C27H30O2. The van der Waals surface area contributed by atoms with E-state index in [9.17, 15) is 0 Å². The maximum absolute atomic E-state index is 5.85. The van der Waals surface area contributed by atoms with Crippen LogP contribution in [0.3, 0.4) is 0 Å². The molecule has 0 heterocycles. The molecule has 150 valence electrons. The second-order valence-corrected chi connectivity index (χ2v) is 7.26. The van der Waals surface area contributed by atoms with Crippen molar-refractivity contribution in [2.75, 3.05) is 13.2 Å². The molecule has 0 atom stereocenters. The van der Waals surface area contributed by atoms with Crippen molar-refractivity contribution in [3.63, 3.8) is 0 Å². The van der Waals surface area contributed by atoms with Crippen LogP contribution in [-0.4, -0.2) is 13.2 Å². The average Bonchev–Trinajstić information content (AvgIpc) is 2.76. The minimum atomic E-state index is 0.768. The monoisotopic (exact) mass is 386 g/mol. The van der Waals surface area contributed by atoms with Gasteiger partial charge in [0.25, 0.3) is 0 Å². The van der Waals surface area contributed by atoms with E-state index in [0.717, 1.165) is 55.1 Å². The molecule has 0 aromatic heterocycles. The van der Waals surface area contributed by atoms with Crippen molar-refractivity contribution in [1.29, 1.82) is 0 Å². The second-order valence-electron chi connectivity index (χ2n) is 7.26. The number of hydrogen-bond acceptors (Lipinski definition) is 2. The summed E-state index contributed by atoms with van der Waals surface area (Å²) in [6, 6.07) is 20.6. The Balaban J connectivity index is 1.63. The van der Waals surface area contributed by atoms with Crippen LogP contribution in [0.2, 0.25) is 0 Å². The summed E-state index contributed by atoms with van der Waals surface area (Å²) in [5, 5.41) is 2.36. The van der Waals surface area contributed by atoms with Gasteiger partial charge in [0, 0.05) is 11.1 Å². The van der Waals surface area contributed by atoms with E-state index >= 15 is 0 Å². The molecule has 0 saturated carbocycles. The third kappa shape index (κ3) is 6.57. The molecule has 0 fully saturated rings. The van der Waals surface area contributed by atoms with Crippen molar-refractivity contribution >= 4 is 10.8 Å². The Hall–Kier alpha value is -2.92. The molecule has 0 aliphatic heterocycles. The molecule has 0 amide bonds. The quantitative estimate of drug-likeness (QED) is 0.291.